The second-order valence-corrected chi connectivity index (χ2v) is 7.52. The van der Waals surface area contributed by atoms with Gasteiger partial charge in [0.15, 0.2) is 0 Å². The molecule has 0 spiro atoms. The number of nitrogens with one attached hydrogen (secondary N) is 3. The maximum Gasteiger partial charge on any atom is 0.322 e. The predicted octanol–water partition coefficient (Wildman–Crippen LogP) is 1.27. The highest BCUT2D eigenvalue weighted by Crippen LogP contribution is 2.23. The van der Waals surface area contributed by atoms with Crippen molar-refractivity contribution in [3.8, 4) is 11.5 Å². The molecule has 9 heteroatoms. The van der Waals surface area contributed by atoms with Gasteiger partial charge in [0, 0.05) is 6.54 Å². The molecule has 3 amide bonds. The zero-order chi connectivity index (χ0) is 18.7. The lowest BCUT2D eigenvalue weighted by Gasteiger charge is -2.11. The molecule has 2 aromatic carbocycles. The third kappa shape index (κ3) is 4.19. The molecule has 1 fully saturated rings. The van der Waals surface area contributed by atoms with Gasteiger partial charge in [-0.05, 0) is 43.3 Å². The highest BCUT2D eigenvalue weighted by Gasteiger charge is 2.30. The van der Waals surface area contributed by atoms with Crippen LogP contribution in [0.25, 0.3) is 0 Å². The molecular formula is C17H17N3O5S. The van der Waals surface area contributed by atoms with Gasteiger partial charge in [-0.2, -0.15) is 0 Å². The largest absolute Gasteiger partial charge is 0.457 e. The monoisotopic (exact) mass is 375 g/mol. The standard InChI is InChI=1S/C17H17N3O5S/c1-11-2-4-12(5-3-11)25-13-6-8-14(9-7-13)26(23,24)18-10-15-16(21)20-17(22)19-15/h2-9,15,18H,10H2,1H3,(H2,19,20,21,22). The summed E-state index contributed by atoms with van der Waals surface area (Å²) in [6.45, 7) is 1.73. The summed E-state index contributed by atoms with van der Waals surface area (Å²) in [6, 6.07) is 11.8. The molecule has 136 valence electrons. The Morgan fingerprint density at radius 2 is 1.58 bits per heavy atom. The van der Waals surface area contributed by atoms with E-state index in [9.17, 15) is 18.0 Å². The first-order chi connectivity index (χ1) is 12.3. The summed E-state index contributed by atoms with van der Waals surface area (Å²) in [4.78, 5) is 22.5. The van der Waals surface area contributed by atoms with Gasteiger partial charge in [-0.1, -0.05) is 17.7 Å². The summed E-state index contributed by atoms with van der Waals surface area (Å²) in [5.74, 6) is 0.571. The molecule has 0 saturated carbocycles. The number of urea groups is 1. The molecule has 1 heterocycles. The summed E-state index contributed by atoms with van der Waals surface area (Å²) in [7, 11) is -3.82. The Hall–Kier alpha value is -2.91. The van der Waals surface area contributed by atoms with Crippen molar-refractivity contribution in [3.05, 3.63) is 54.1 Å². The number of benzene rings is 2. The lowest BCUT2D eigenvalue weighted by atomic mass is 10.2. The Morgan fingerprint density at radius 3 is 2.12 bits per heavy atom. The van der Waals surface area contributed by atoms with E-state index in [1.54, 1.807) is 12.1 Å². The van der Waals surface area contributed by atoms with Crippen LogP contribution >= 0.6 is 0 Å². The maximum absolute atomic E-state index is 12.3. The fraction of sp³-hybridized carbons (Fsp3) is 0.176. The van der Waals surface area contributed by atoms with Crippen LogP contribution in [0.3, 0.4) is 0 Å². The van der Waals surface area contributed by atoms with Crippen LogP contribution in [-0.4, -0.2) is 32.9 Å². The number of sulfonamides is 1. The van der Waals surface area contributed by atoms with Crippen LogP contribution in [0.15, 0.2) is 53.4 Å². The molecule has 0 aromatic heterocycles. The van der Waals surface area contributed by atoms with Crippen molar-refractivity contribution in [2.45, 2.75) is 17.9 Å². The van der Waals surface area contributed by atoms with E-state index in [4.69, 9.17) is 4.74 Å². The van der Waals surface area contributed by atoms with E-state index >= 15 is 0 Å². The minimum Gasteiger partial charge on any atom is -0.457 e. The summed E-state index contributed by atoms with van der Waals surface area (Å²) in [6.07, 6.45) is 0. The Bertz CT molecular complexity index is 924. The third-order valence-corrected chi connectivity index (χ3v) is 5.17. The summed E-state index contributed by atoms with van der Waals surface area (Å²) in [5.41, 5.74) is 1.11. The average molecular weight is 375 g/mol. The summed E-state index contributed by atoms with van der Waals surface area (Å²) in [5, 5.41) is 4.36. The molecule has 1 atom stereocenters. The fourth-order valence-electron chi connectivity index (χ4n) is 2.31. The second-order valence-electron chi connectivity index (χ2n) is 5.75. The molecule has 26 heavy (non-hydrogen) atoms. The van der Waals surface area contributed by atoms with Crippen LogP contribution in [0.4, 0.5) is 4.79 Å². The van der Waals surface area contributed by atoms with Crippen molar-refractivity contribution >= 4 is 22.0 Å². The summed E-state index contributed by atoms with van der Waals surface area (Å²) < 4.78 is 32.5. The first-order valence-corrected chi connectivity index (χ1v) is 9.27. The van der Waals surface area contributed by atoms with Gasteiger partial charge in [-0.25, -0.2) is 17.9 Å². The highest BCUT2D eigenvalue weighted by atomic mass is 32.2. The van der Waals surface area contributed by atoms with Crippen molar-refractivity contribution in [2.24, 2.45) is 0 Å². The van der Waals surface area contributed by atoms with Gasteiger partial charge in [0.25, 0.3) is 5.91 Å². The van der Waals surface area contributed by atoms with E-state index < -0.39 is 28.0 Å². The van der Waals surface area contributed by atoms with Crippen LogP contribution in [0, 0.1) is 6.92 Å². The van der Waals surface area contributed by atoms with E-state index in [0.29, 0.717) is 11.5 Å². The molecule has 1 aliphatic rings. The van der Waals surface area contributed by atoms with Crippen molar-refractivity contribution in [1.29, 1.82) is 0 Å². The van der Waals surface area contributed by atoms with Gasteiger partial charge in [0.1, 0.15) is 17.5 Å². The Kier molecular flexibility index (Phi) is 4.92. The zero-order valence-corrected chi connectivity index (χ0v) is 14.7. The van der Waals surface area contributed by atoms with Crippen molar-refractivity contribution in [3.63, 3.8) is 0 Å². The Morgan fingerprint density at radius 1 is 1.00 bits per heavy atom. The molecular weight excluding hydrogens is 358 g/mol. The molecule has 3 N–H and O–H groups in total. The lowest BCUT2D eigenvalue weighted by molar-refractivity contribution is -0.120. The number of carbonyl (C=O) groups excluding carboxylic acids is 2. The molecule has 0 aliphatic carbocycles. The van der Waals surface area contributed by atoms with E-state index in [-0.39, 0.29) is 11.4 Å². The first kappa shape index (κ1) is 17.9. The SMILES string of the molecule is Cc1ccc(Oc2ccc(S(=O)(=O)NCC3NC(=O)NC3=O)cc2)cc1. The highest BCUT2D eigenvalue weighted by molar-refractivity contribution is 7.89. The predicted molar refractivity (Wildman–Crippen MR) is 93.3 cm³/mol. The molecule has 3 rings (SSSR count). The first-order valence-electron chi connectivity index (χ1n) is 7.79. The topological polar surface area (TPSA) is 114 Å². The molecule has 2 aromatic rings. The second kappa shape index (κ2) is 7.14. The Balaban J connectivity index is 1.64. The van der Waals surface area contributed by atoms with Crippen molar-refractivity contribution < 1.29 is 22.7 Å². The molecule has 8 nitrogen and oxygen atoms in total. The van der Waals surface area contributed by atoms with Crippen LogP contribution in [0.1, 0.15) is 5.56 Å². The minimum absolute atomic E-state index is 0.0264. The number of rotatable bonds is 6. The zero-order valence-electron chi connectivity index (χ0n) is 13.9. The Labute approximate surface area is 150 Å². The van der Waals surface area contributed by atoms with Crippen molar-refractivity contribution in [1.82, 2.24) is 15.4 Å². The number of carbonyl (C=O) groups is 2. The van der Waals surface area contributed by atoms with Crippen LogP contribution in [-0.2, 0) is 14.8 Å². The van der Waals surface area contributed by atoms with Gasteiger partial charge in [0.2, 0.25) is 10.0 Å². The van der Waals surface area contributed by atoms with Crippen molar-refractivity contribution in [2.75, 3.05) is 6.54 Å². The van der Waals surface area contributed by atoms with Gasteiger partial charge < -0.3 is 10.1 Å². The van der Waals surface area contributed by atoms with Gasteiger partial charge >= 0.3 is 6.03 Å². The van der Waals surface area contributed by atoms with Gasteiger partial charge in [-0.15, -0.1) is 0 Å². The van der Waals surface area contributed by atoms with Gasteiger partial charge in [-0.3, -0.25) is 10.1 Å². The number of aryl methyl sites for hydroxylation is 1. The summed E-state index contributed by atoms with van der Waals surface area (Å²) >= 11 is 0. The average Bonchev–Trinajstić information content (AvgIpc) is 2.93. The maximum atomic E-state index is 12.3. The third-order valence-electron chi connectivity index (χ3n) is 3.73. The molecule has 1 unspecified atom stereocenters. The van der Waals surface area contributed by atoms with Crippen LogP contribution < -0.4 is 20.1 Å². The van der Waals surface area contributed by atoms with E-state index in [2.05, 4.69) is 10.0 Å². The van der Waals surface area contributed by atoms with E-state index in [1.807, 2.05) is 36.5 Å². The normalized spacial score (nSPS) is 16.9. The number of hydrogen-bond acceptors (Lipinski definition) is 5. The number of imide groups is 1. The number of hydrogen-bond donors (Lipinski definition) is 3. The lowest BCUT2D eigenvalue weighted by Crippen LogP contribution is -2.41. The van der Waals surface area contributed by atoms with Crippen LogP contribution in [0.5, 0.6) is 11.5 Å². The molecule has 1 saturated heterocycles. The quantitative estimate of drug-likeness (QED) is 0.658. The molecule has 1 aliphatic heterocycles. The number of ether oxygens (including phenoxy) is 1. The molecule has 0 radical (unpaired) electrons. The minimum atomic E-state index is -3.82. The fourth-order valence-corrected chi connectivity index (χ4v) is 3.36. The smallest absolute Gasteiger partial charge is 0.322 e. The van der Waals surface area contributed by atoms with E-state index in [1.165, 1.54) is 12.1 Å². The van der Waals surface area contributed by atoms with Gasteiger partial charge in [0.05, 0.1) is 4.90 Å². The number of amides is 3. The van der Waals surface area contributed by atoms with Crippen LogP contribution in [0.2, 0.25) is 0 Å². The van der Waals surface area contributed by atoms with E-state index in [0.717, 1.165) is 5.56 Å². The molecule has 0 bridgehead atoms.